The minimum absolute atomic E-state index is 0.115. The minimum Gasteiger partial charge on any atom is -0.337 e. The van der Waals surface area contributed by atoms with E-state index in [1.165, 1.54) is 11.8 Å². The van der Waals surface area contributed by atoms with Crippen LogP contribution < -0.4 is 5.56 Å². The first-order chi connectivity index (χ1) is 10.7. The summed E-state index contributed by atoms with van der Waals surface area (Å²) in [6.07, 6.45) is 9.17. The van der Waals surface area contributed by atoms with Crippen molar-refractivity contribution in [1.29, 1.82) is 0 Å². The molecule has 6 heteroatoms. The van der Waals surface area contributed by atoms with E-state index in [4.69, 9.17) is 0 Å². The Morgan fingerprint density at radius 2 is 2.14 bits per heavy atom. The molecule has 0 atom stereocenters. The quantitative estimate of drug-likeness (QED) is 0.925. The number of hydrogen-bond donors (Lipinski definition) is 1. The fraction of sp³-hybridized carbons (Fsp3) is 0.375. The Morgan fingerprint density at radius 3 is 2.77 bits per heavy atom. The molecule has 1 N–H and O–H groups in total. The molecule has 114 valence electrons. The molecule has 6 nitrogen and oxygen atoms in total. The molecule has 0 bridgehead atoms. The van der Waals surface area contributed by atoms with E-state index in [1.807, 2.05) is 12.3 Å². The second-order valence-corrected chi connectivity index (χ2v) is 5.60. The number of amides is 1. The van der Waals surface area contributed by atoms with Gasteiger partial charge in [0.15, 0.2) is 0 Å². The lowest BCUT2D eigenvalue weighted by Gasteiger charge is -2.31. The first kappa shape index (κ1) is 14.4. The van der Waals surface area contributed by atoms with E-state index in [9.17, 15) is 9.59 Å². The number of H-pyrrole nitrogens is 1. The molecule has 1 aliphatic rings. The van der Waals surface area contributed by atoms with Crippen LogP contribution in [-0.4, -0.2) is 38.8 Å². The van der Waals surface area contributed by atoms with Crippen molar-refractivity contribution in [3.8, 4) is 0 Å². The number of hydrogen-bond acceptors (Lipinski definition) is 4. The van der Waals surface area contributed by atoms with Crippen LogP contribution in [0.4, 0.5) is 0 Å². The number of likely N-dealkylation sites (tertiary alicyclic amines) is 1. The van der Waals surface area contributed by atoms with Crippen LogP contribution in [0.1, 0.15) is 28.9 Å². The summed E-state index contributed by atoms with van der Waals surface area (Å²) in [5, 5.41) is 0. The Bertz CT molecular complexity index is 670. The highest BCUT2D eigenvalue weighted by Crippen LogP contribution is 2.22. The third-order valence-electron chi connectivity index (χ3n) is 4.04. The van der Waals surface area contributed by atoms with Gasteiger partial charge in [-0.1, -0.05) is 6.07 Å². The van der Waals surface area contributed by atoms with Crippen LogP contribution in [0.3, 0.4) is 0 Å². The molecular weight excluding hydrogens is 280 g/mol. The van der Waals surface area contributed by atoms with Crippen LogP contribution in [0.5, 0.6) is 0 Å². The molecule has 22 heavy (non-hydrogen) atoms. The Hall–Kier alpha value is -2.50. The maximum Gasteiger partial charge on any atom is 0.273 e. The summed E-state index contributed by atoms with van der Waals surface area (Å²) >= 11 is 0. The van der Waals surface area contributed by atoms with Crippen LogP contribution in [0.2, 0.25) is 0 Å². The van der Waals surface area contributed by atoms with Gasteiger partial charge in [-0.2, -0.15) is 0 Å². The van der Waals surface area contributed by atoms with Gasteiger partial charge in [-0.25, -0.2) is 4.98 Å². The van der Waals surface area contributed by atoms with Crippen molar-refractivity contribution in [2.45, 2.75) is 19.3 Å². The van der Waals surface area contributed by atoms with Crippen LogP contribution in [0, 0.1) is 5.92 Å². The number of piperidine rings is 1. The summed E-state index contributed by atoms with van der Waals surface area (Å²) in [6, 6.07) is 4.05. The van der Waals surface area contributed by atoms with Crippen molar-refractivity contribution in [2.24, 2.45) is 5.92 Å². The van der Waals surface area contributed by atoms with Crippen molar-refractivity contribution in [1.82, 2.24) is 19.9 Å². The van der Waals surface area contributed by atoms with Crippen LogP contribution >= 0.6 is 0 Å². The predicted octanol–water partition coefficient (Wildman–Crippen LogP) is 1.26. The van der Waals surface area contributed by atoms with Crippen LogP contribution in [0.25, 0.3) is 0 Å². The monoisotopic (exact) mass is 298 g/mol. The average molecular weight is 298 g/mol. The zero-order chi connectivity index (χ0) is 15.4. The number of aromatic amines is 1. The predicted molar refractivity (Wildman–Crippen MR) is 81.4 cm³/mol. The molecule has 2 aromatic heterocycles. The molecule has 0 unspecified atom stereocenters. The number of pyridine rings is 1. The third kappa shape index (κ3) is 3.39. The minimum atomic E-state index is -0.299. The van der Waals surface area contributed by atoms with Gasteiger partial charge in [0.1, 0.15) is 5.69 Å². The number of carbonyl (C=O) groups is 1. The van der Waals surface area contributed by atoms with Gasteiger partial charge in [0, 0.05) is 31.7 Å². The summed E-state index contributed by atoms with van der Waals surface area (Å²) in [5.41, 5.74) is 1.24. The first-order valence-corrected chi connectivity index (χ1v) is 7.45. The van der Waals surface area contributed by atoms with Crippen molar-refractivity contribution in [2.75, 3.05) is 13.1 Å². The SMILES string of the molecule is O=C(c1c[nH]c(=O)cn1)N1CCC(Cc2cccnc2)CC1. The lowest BCUT2D eigenvalue weighted by Crippen LogP contribution is -2.39. The van der Waals surface area contributed by atoms with E-state index in [2.05, 4.69) is 21.0 Å². The number of rotatable bonds is 3. The number of aromatic nitrogens is 3. The molecular formula is C16H18N4O2. The van der Waals surface area contributed by atoms with Gasteiger partial charge < -0.3 is 9.88 Å². The van der Waals surface area contributed by atoms with Gasteiger partial charge in [-0.3, -0.25) is 14.6 Å². The highest BCUT2D eigenvalue weighted by atomic mass is 16.2. The Balaban J connectivity index is 1.56. The molecule has 0 saturated carbocycles. The number of nitrogens with one attached hydrogen (secondary N) is 1. The lowest BCUT2D eigenvalue weighted by atomic mass is 9.90. The lowest BCUT2D eigenvalue weighted by molar-refractivity contribution is 0.0684. The second kappa shape index (κ2) is 6.51. The molecule has 1 fully saturated rings. The molecule has 0 radical (unpaired) electrons. The molecule has 3 rings (SSSR count). The second-order valence-electron chi connectivity index (χ2n) is 5.60. The van der Waals surface area contributed by atoms with E-state index < -0.39 is 0 Å². The van der Waals surface area contributed by atoms with Crippen molar-refractivity contribution >= 4 is 5.91 Å². The summed E-state index contributed by atoms with van der Waals surface area (Å²) < 4.78 is 0. The highest BCUT2D eigenvalue weighted by molar-refractivity contribution is 5.91. The summed E-state index contributed by atoms with van der Waals surface area (Å²) in [5.74, 6) is 0.466. The maximum atomic E-state index is 12.3. The smallest absolute Gasteiger partial charge is 0.273 e. The molecule has 0 aromatic carbocycles. The van der Waals surface area contributed by atoms with Crippen molar-refractivity contribution < 1.29 is 4.79 Å². The summed E-state index contributed by atoms with van der Waals surface area (Å²) in [7, 11) is 0. The van der Waals surface area contributed by atoms with Gasteiger partial charge in [0.2, 0.25) is 0 Å². The summed E-state index contributed by atoms with van der Waals surface area (Å²) in [4.78, 5) is 35.6. The van der Waals surface area contributed by atoms with E-state index >= 15 is 0 Å². The van der Waals surface area contributed by atoms with Gasteiger partial charge >= 0.3 is 0 Å². The molecule has 3 heterocycles. The third-order valence-corrected chi connectivity index (χ3v) is 4.04. The number of carbonyl (C=O) groups excluding carboxylic acids is 1. The van der Waals surface area contributed by atoms with Gasteiger partial charge in [-0.15, -0.1) is 0 Å². The van der Waals surface area contributed by atoms with E-state index in [1.54, 1.807) is 11.1 Å². The van der Waals surface area contributed by atoms with E-state index in [0.29, 0.717) is 11.6 Å². The van der Waals surface area contributed by atoms with Gasteiger partial charge in [0.25, 0.3) is 11.5 Å². The van der Waals surface area contributed by atoms with E-state index in [-0.39, 0.29) is 11.5 Å². The highest BCUT2D eigenvalue weighted by Gasteiger charge is 2.24. The van der Waals surface area contributed by atoms with Crippen molar-refractivity contribution in [3.05, 3.63) is 58.5 Å². The molecule has 0 spiro atoms. The van der Waals surface area contributed by atoms with Crippen LogP contribution in [0.15, 0.2) is 41.7 Å². The standard InChI is InChI=1S/C16H18N4O2/c21-15-11-18-14(10-19-15)16(22)20-6-3-12(4-7-20)8-13-2-1-5-17-9-13/h1-2,5,9-12H,3-4,6-8H2,(H,19,21). The molecule has 1 saturated heterocycles. The van der Waals surface area contributed by atoms with Gasteiger partial charge in [-0.05, 0) is 36.8 Å². The summed E-state index contributed by atoms with van der Waals surface area (Å²) in [6.45, 7) is 1.45. The Labute approximate surface area is 128 Å². The Morgan fingerprint density at radius 1 is 1.32 bits per heavy atom. The molecule has 0 aliphatic carbocycles. The molecule has 2 aromatic rings. The van der Waals surface area contributed by atoms with Gasteiger partial charge in [0.05, 0.1) is 6.20 Å². The topological polar surface area (TPSA) is 79.0 Å². The fourth-order valence-electron chi connectivity index (χ4n) is 2.81. The largest absolute Gasteiger partial charge is 0.337 e. The fourth-order valence-corrected chi connectivity index (χ4v) is 2.81. The normalized spacial score (nSPS) is 15.7. The molecule has 1 aliphatic heterocycles. The zero-order valence-electron chi connectivity index (χ0n) is 12.2. The Kier molecular flexibility index (Phi) is 4.27. The van der Waals surface area contributed by atoms with Crippen molar-refractivity contribution in [3.63, 3.8) is 0 Å². The first-order valence-electron chi connectivity index (χ1n) is 7.45. The zero-order valence-corrected chi connectivity index (χ0v) is 12.2. The van der Waals surface area contributed by atoms with E-state index in [0.717, 1.165) is 38.5 Å². The maximum absolute atomic E-state index is 12.3. The van der Waals surface area contributed by atoms with Crippen LogP contribution in [-0.2, 0) is 6.42 Å². The number of nitrogens with zero attached hydrogens (tertiary/aromatic N) is 3. The molecule has 1 amide bonds. The average Bonchev–Trinajstić information content (AvgIpc) is 2.57.